The fraction of sp³-hybridized carbons (Fsp3) is 0.192. The van der Waals surface area contributed by atoms with Crippen LogP contribution in [0.2, 0.25) is 0 Å². The molecule has 2 aromatic heterocycles. The second kappa shape index (κ2) is 9.06. The number of rotatable bonds is 5. The van der Waals surface area contributed by atoms with Crippen LogP contribution in [0.1, 0.15) is 12.8 Å². The minimum Gasteiger partial charge on any atom is -0.463 e. The summed E-state index contributed by atoms with van der Waals surface area (Å²) in [5.74, 6) is 1.40. The van der Waals surface area contributed by atoms with E-state index in [1.807, 2.05) is 66.7 Å². The number of para-hydroxylation sites is 1. The van der Waals surface area contributed by atoms with Crippen molar-refractivity contribution >= 4 is 17.4 Å². The lowest BCUT2D eigenvalue weighted by atomic mass is 9.96. The first-order valence-corrected chi connectivity index (χ1v) is 10.9. The number of benzene rings is 2. The number of aromatic nitrogens is 2. The summed E-state index contributed by atoms with van der Waals surface area (Å²) >= 11 is 0. The van der Waals surface area contributed by atoms with E-state index in [2.05, 4.69) is 32.5 Å². The molecule has 4 aromatic rings. The zero-order chi connectivity index (χ0) is 21.8. The summed E-state index contributed by atoms with van der Waals surface area (Å²) in [5.41, 5.74) is 3.64. The number of furan rings is 1. The molecule has 1 fully saturated rings. The Morgan fingerprint density at radius 2 is 1.78 bits per heavy atom. The number of carbonyl (C=O) groups is 1. The standard InChI is InChI=1S/C26H24N4O2/c31-26(27-22-12-5-4-11-21(22)19-8-2-1-3-9-19)20-10-6-16-30(18-20)25-15-14-23(28-29-25)24-13-7-17-32-24/h1-5,7-9,11-15,17,20H,6,10,16,18H2,(H,27,31). The summed E-state index contributed by atoms with van der Waals surface area (Å²) < 4.78 is 5.38. The Morgan fingerprint density at radius 3 is 2.56 bits per heavy atom. The van der Waals surface area contributed by atoms with Gasteiger partial charge in [0.2, 0.25) is 5.91 Å². The van der Waals surface area contributed by atoms with Gasteiger partial charge in [-0.3, -0.25) is 4.79 Å². The van der Waals surface area contributed by atoms with Crippen molar-refractivity contribution in [1.82, 2.24) is 10.2 Å². The molecule has 1 atom stereocenters. The van der Waals surface area contributed by atoms with Gasteiger partial charge in [0.05, 0.1) is 12.2 Å². The van der Waals surface area contributed by atoms with Gasteiger partial charge in [-0.1, -0.05) is 48.5 Å². The Bertz CT molecular complexity index is 1170. The van der Waals surface area contributed by atoms with Crippen LogP contribution in [0.5, 0.6) is 0 Å². The predicted octanol–water partition coefficient (Wildman–Crippen LogP) is 5.26. The molecule has 1 aliphatic heterocycles. The molecule has 0 aliphatic carbocycles. The summed E-state index contributed by atoms with van der Waals surface area (Å²) in [5, 5.41) is 11.8. The van der Waals surface area contributed by atoms with Crippen molar-refractivity contribution in [3.8, 4) is 22.6 Å². The average molecular weight is 425 g/mol. The molecule has 3 heterocycles. The van der Waals surface area contributed by atoms with Crippen LogP contribution >= 0.6 is 0 Å². The molecule has 0 bridgehead atoms. The van der Waals surface area contributed by atoms with E-state index in [0.29, 0.717) is 18.0 Å². The lowest BCUT2D eigenvalue weighted by Crippen LogP contribution is -2.41. The number of hydrogen-bond donors (Lipinski definition) is 1. The zero-order valence-corrected chi connectivity index (χ0v) is 17.6. The molecule has 2 aromatic carbocycles. The van der Waals surface area contributed by atoms with E-state index in [-0.39, 0.29) is 11.8 Å². The maximum Gasteiger partial charge on any atom is 0.229 e. The maximum absolute atomic E-state index is 13.2. The molecule has 32 heavy (non-hydrogen) atoms. The Kier molecular flexibility index (Phi) is 5.66. The van der Waals surface area contributed by atoms with Crippen LogP contribution in [0, 0.1) is 5.92 Å². The van der Waals surface area contributed by atoms with Crippen molar-refractivity contribution in [1.29, 1.82) is 0 Å². The molecule has 0 radical (unpaired) electrons. The molecule has 1 amide bonds. The van der Waals surface area contributed by atoms with Crippen molar-refractivity contribution in [3.63, 3.8) is 0 Å². The Labute approximate surface area is 186 Å². The number of amides is 1. The topological polar surface area (TPSA) is 71.3 Å². The first-order valence-electron chi connectivity index (χ1n) is 10.9. The fourth-order valence-electron chi connectivity index (χ4n) is 4.15. The van der Waals surface area contributed by atoms with Gasteiger partial charge >= 0.3 is 0 Å². The Balaban J connectivity index is 1.29. The number of nitrogens with one attached hydrogen (secondary N) is 1. The second-order valence-corrected chi connectivity index (χ2v) is 7.94. The molecular weight excluding hydrogens is 400 g/mol. The highest BCUT2D eigenvalue weighted by Crippen LogP contribution is 2.29. The highest BCUT2D eigenvalue weighted by molar-refractivity contribution is 5.97. The SMILES string of the molecule is O=C(Nc1ccccc1-c1ccccc1)C1CCCN(c2ccc(-c3ccco3)nn2)C1. The first kappa shape index (κ1) is 20.0. The van der Waals surface area contributed by atoms with Gasteiger partial charge in [0.15, 0.2) is 11.6 Å². The van der Waals surface area contributed by atoms with Crippen molar-refractivity contribution in [3.05, 3.63) is 85.1 Å². The van der Waals surface area contributed by atoms with Crippen LogP contribution in [0.15, 0.2) is 89.5 Å². The molecule has 6 heteroatoms. The summed E-state index contributed by atoms with van der Waals surface area (Å²) in [6, 6.07) is 25.6. The van der Waals surface area contributed by atoms with E-state index in [9.17, 15) is 4.79 Å². The average Bonchev–Trinajstić information content (AvgIpc) is 3.40. The van der Waals surface area contributed by atoms with Gasteiger partial charge in [0.25, 0.3) is 0 Å². The lowest BCUT2D eigenvalue weighted by Gasteiger charge is -2.32. The van der Waals surface area contributed by atoms with Gasteiger partial charge in [0, 0.05) is 24.3 Å². The van der Waals surface area contributed by atoms with Gasteiger partial charge in [-0.15, -0.1) is 10.2 Å². The highest BCUT2D eigenvalue weighted by atomic mass is 16.3. The minimum atomic E-state index is -0.112. The first-order chi connectivity index (χ1) is 15.8. The van der Waals surface area contributed by atoms with Gasteiger partial charge in [0.1, 0.15) is 5.69 Å². The lowest BCUT2D eigenvalue weighted by molar-refractivity contribution is -0.120. The quantitative estimate of drug-likeness (QED) is 0.473. The summed E-state index contributed by atoms with van der Waals surface area (Å²) in [4.78, 5) is 15.3. The van der Waals surface area contributed by atoms with Crippen molar-refractivity contribution in [2.24, 2.45) is 5.92 Å². The monoisotopic (exact) mass is 424 g/mol. The largest absolute Gasteiger partial charge is 0.463 e. The Hall–Kier alpha value is -3.93. The van der Waals surface area contributed by atoms with Gasteiger partial charge in [-0.25, -0.2) is 0 Å². The number of anilines is 2. The third kappa shape index (κ3) is 4.25. The molecule has 5 rings (SSSR count). The molecular formula is C26H24N4O2. The van der Waals surface area contributed by atoms with E-state index in [1.54, 1.807) is 6.26 Å². The van der Waals surface area contributed by atoms with Crippen molar-refractivity contribution < 1.29 is 9.21 Å². The zero-order valence-electron chi connectivity index (χ0n) is 17.6. The minimum absolute atomic E-state index is 0.0400. The summed E-state index contributed by atoms with van der Waals surface area (Å²) in [6.45, 7) is 1.48. The van der Waals surface area contributed by atoms with E-state index in [0.717, 1.165) is 42.0 Å². The van der Waals surface area contributed by atoms with Crippen LogP contribution in [0.3, 0.4) is 0 Å². The van der Waals surface area contributed by atoms with E-state index in [1.165, 1.54) is 0 Å². The number of hydrogen-bond acceptors (Lipinski definition) is 5. The molecule has 6 nitrogen and oxygen atoms in total. The highest BCUT2D eigenvalue weighted by Gasteiger charge is 2.27. The van der Waals surface area contributed by atoms with Crippen molar-refractivity contribution in [2.45, 2.75) is 12.8 Å². The molecule has 1 N–H and O–H groups in total. The van der Waals surface area contributed by atoms with E-state index < -0.39 is 0 Å². The molecule has 0 saturated carbocycles. The molecule has 1 saturated heterocycles. The van der Waals surface area contributed by atoms with Crippen LogP contribution < -0.4 is 10.2 Å². The number of piperidine rings is 1. The molecule has 0 spiro atoms. The van der Waals surface area contributed by atoms with Crippen LogP contribution in [-0.2, 0) is 4.79 Å². The summed E-state index contributed by atoms with van der Waals surface area (Å²) in [7, 11) is 0. The third-order valence-electron chi connectivity index (χ3n) is 5.81. The molecule has 160 valence electrons. The van der Waals surface area contributed by atoms with E-state index in [4.69, 9.17) is 4.42 Å². The fourth-order valence-corrected chi connectivity index (χ4v) is 4.15. The van der Waals surface area contributed by atoms with Crippen LogP contribution in [-0.4, -0.2) is 29.2 Å². The van der Waals surface area contributed by atoms with Crippen LogP contribution in [0.4, 0.5) is 11.5 Å². The number of nitrogens with zero attached hydrogens (tertiary/aromatic N) is 3. The summed E-state index contributed by atoms with van der Waals surface area (Å²) in [6.07, 6.45) is 3.41. The molecule has 1 unspecified atom stereocenters. The van der Waals surface area contributed by atoms with Crippen molar-refractivity contribution in [2.75, 3.05) is 23.3 Å². The Morgan fingerprint density at radius 1 is 0.938 bits per heavy atom. The third-order valence-corrected chi connectivity index (χ3v) is 5.81. The van der Waals surface area contributed by atoms with Gasteiger partial charge in [-0.05, 0) is 48.7 Å². The maximum atomic E-state index is 13.2. The predicted molar refractivity (Wildman–Crippen MR) is 125 cm³/mol. The van der Waals surface area contributed by atoms with Crippen LogP contribution in [0.25, 0.3) is 22.6 Å². The molecule has 1 aliphatic rings. The van der Waals surface area contributed by atoms with E-state index >= 15 is 0 Å². The normalized spacial score (nSPS) is 16.0. The van der Waals surface area contributed by atoms with Gasteiger partial charge in [-0.2, -0.15) is 0 Å². The second-order valence-electron chi connectivity index (χ2n) is 7.94. The van der Waals surface area contributed by atoms with Gasteiger partial charge < -0.3 is 14.6 Å². The number of carbonyl (C=O) groups excluding carboxylic acids is 1. The smallest absolute Gasteiger partial charge is 0.229 e.